The number of para-hydroxylation sites is 1. The first-order valence-corrected chi connectivity index (χ1v) is 6.29. The van der Waals surface area contributed by atoms with Gasteiger partial charge in [-0.25, -0.2) is 0 Å². The zero-order valence-electron chi connectivity index (χ0n) is 11.0. The fraction of sp³-hybridized carbons (Fsp3) is 0.125. The fourth-order valence-electron chi connectivity index (χ4n) is 2.16. The molecule has 19 heavy (non-hydrogen) atoms. The van der Waals surface area contributed by atoms with Crippen molar-refractivity contribution < 1.29 is 0 Å². The summed E-state index contributed by atoms with van der Waals surface area (Å²) in [6.07, 6.45) is 1.89. The Hall–Kier alpha value is -2.42. The number of hydrogen-bond donors (Lipinski definition) is 1. The van der Waals surface area contributed by atoms with E-state index in [1.807, 2.05) is 36.5 Å². The standard InChI is InChI=1S/C16H15N3/c1-11-7-8-14(12(2)9-11)18-19-16-10-17-15-6-4-3-5-13(15)16/h3-10,17H,1-2H3/b19-18+. The molecule has 0 saturated heterocycles. The van der Waals surface area contributed by atoms with E-state index in [0.717, 1.165) is 27.8 Å². The quantitative estimate of drug-likeness (QED) is 0.606. The monoisotopic (exact) mass is 249 g/mol. The van der Waals surface area contributed by atoms with Gasteiger partial charge in [0.2, 0.25) is 0 Å². The second-order valence-corrected chi connectivity index (χ2v) is 4.71. The summed E-state index contributed by atoms with van der Waals surface area (Å²) in [5.74, 6) is 0. The molecular weight excluding hydrogens is 234 g/mol. The number of aromatic nitrogens is 1. The van der Waals surface area contributed by atoms with E-state index >= 15 is 0 Å². The van der Waals surface area contributed by atoms with Crippen LogP contribution in [0.2, 0.25) is 0 Å². The number of benzene rings is 2. The van der Waals surface area contributed by atoms with E-state index in [1.165, 1.54) is 5.56 Å². The van der Waals surface area contributed by atoms with Gasteiger partial charge in [-0.05, 0) is 31.5 Å². The Bertz CT molecular complexity index is 754. The van der Waals surface area contributed by atoms with Gasteiger partial charge in [-0.15, -0.1) is 5.11 Å². The number of fused-ring (bicyclic) bond motifs is 1. The molecule has 3 nitrogen and oxygen atoms in total. The first-order chi connectivity index (χ1) is 9.24. The van der Waals surface area contributed by atoms with Gasteiger partial charge in [0.1, 0.15) is 5.69 Å². The minimum Gasteiger partial charge on any atom is -0.359 e. The van der Waals surface area contributed by atoms with E-state index in [-0.39, 0.29) is 0 Å². The van der Waals surface area contributed by atoms with Gasteiger partial charge in [0, 0.05) is 17.1 Å². The van der Waals surface area contributed by atoms with Crippen molar-refractivity contribution in [3.05, 3.63) is 59.8 Å². The Balaban J connectivity index is 1.98. The molecule has 0 aliphatic rings. The van der Waals surface area contributed by atoms with Crippen molar-refractivity contribution in [1.82, 2.24) is 4.98 Å². The maximum absolute atomic E-state index is 4.35. The lowest BCUT2D eigenvalue weighted by Crippen LogP contribution is -1.76. The molecule has 0 fully saturated rings. The summed E-state index contributed by atoms with van der Waals surface area (Å²) < 4.78 is 0. The summed E-state index contributed by atoms with van der Waals surface area (Å²) >= 11 is 0. The van der Waals surface area contributed by atoms with Gasteiger partial charge in [0.05, 0.1) is 5.69 Å². The van der Waals surface area contributed by atoms with Crippen molar-refractivity contribution in [2.75, 3.05) is 0 Å². The van der Waals surface area contributed by atoms with Crippen LogP contribution in [-0.4, -0.2) is 4.98 Å². The molecule has 0 unspecified atom stereocenters. The number of hydrogen-bond acceptors (Lipinski definition) is 2. The zero-order chi connectivity index (χ0) is 13.2. The van der Waals surface area contributed by atoms with Crippen molar-refractivity contribution in [2.45, 2.75) is 13.8 Å². The molecule has 0 saturated carbocycles. The minimum atomic E-state index is 0.871. The molecule has 0 atom stereocenters. The van der Waals surface area contributed by atoms with Gasteiger partial charge < -0.3 is 4.98 Å². The highest BCUT2D eigenvalue weighted by atomic mass is 15.1. The molecule has 0 aliphatic carbocycles. The molecule has 0 amide bonds. The second kappa shape index (κ2) is 4.69. The predicted molar refractivity (Wildman–Crippen MR) is 78.4 cm³/mol. The Morgan fingerprint density at radius 1 is 0.895 bits per heavy atom. The van der Waals surface area contributed by atoms with Crippen molar-refractivity contribution in [1.29, 1.82) is 0 Å². The third-order valence-corrected chi connectivity index (χ3v) is 3.19. The van der Waals surface area contributed by atoms with Crippen LogP contribution < -0.4 is 0 Å². The lowest BCUT2D eigenvalue weighted by molar-refractivity contribution is 1.21. The van der Waals surface area contributed by atoms with Crippen LogP contribution in [0, 0.1) is 13.8 Å². The molecular formula is C16H15N3. The van der Waals surface area contributed by atoms with Crippen LogP contribution in [0.15, 0.2) is 58.9 Å². The van der Waals surface area contributed by atoms with Crippen molar-refractivity contribution >= 4 is 22.3 Å². The van der Waals surface area contributed by atoms with Gasteiger partial charge in [-0.1, -0.05) is 35.9 Å². The summed E-state index contributed by atoms with van der Waals surface area (Å²) in [5, 5.41) is 9.79. The van der Waals surface area contributed by atoms with E-state index in [2.05, 4.69) is 41.2 Å². The van der Waals surface area contributed by atoms with Crippen LogP contribution in [0.1, 0.15) is 11.1 Å². The number of nitrogens with one attached hydrogen (secondary N) is 1. The molecule has 0 bridgehead atoms. The third-order valence-electron chi connectivity index (χ3n) is 3.19. The molecule has 2 aromatic carbocycles. The minimum absolute atomic E-state index is 0.871. The Morgan fingerprint density at radius 2 is 1.68 bits per heavy atom. The summed E-state index contributed by atoms with van der Waals surface area (Å²) in [6.45, 7) is 4.13. The van der Waals surface area contributed by atoms with Crippen molar-refractivity contribution in [2.24, 2.45) is 10.2 Å². The summed E-state index contributed by atoms with van der Waals surface area (Å²) in [7, 11) is 0. The van der Waals surface area contributed by atoms with Gasteiger partial charge in [0.15, 0.2) is 0 Å². The molecule has 1 aromatic heterocycles. The smallest absolute Gasteiger partial charge is 0.111 e. The van der Waals surface area contributed by atoms with Gasteiger partial charge in [0.25, 0.3) is 0 Å². The SMILES string of the molecule is Cc1ccc(/N=N/c2c[nH]c3ccccc23)c(C)c1. The molecule has 3 heteroatoms. The molecule has 0 spiro atoms. The van der Waals surface area contributed by atoms with Gasteiger partial charge in [-0.2, -0.15) is 5.11 Å². The molecule has 3 rings (SSSR count). The highest BCUT2D eigenvalue weighted by Gasteiger charge is 2.01. The molecule has 0 aliphatic heterocycles. The van der Waals surface area contributed by atoms with Crippen LogP contribution >= 0.6 is 0 Å². The molecule has 94 valence electrons. The van der Waals surface area contributed by atoms with Gasteiger partial charge >= 0.3 is 0 Å². The molecule has 1 N–H and O–H groups in total. The summed E-state index contributed by atoms with van der Waals surface area (Å²) in [6, 6.07) is 14.3. The van der Waals surface area contributed by atoms with Crippen LogP contribution in [0.5, 0.6) is 0 Å². The number of rotatable bonds is 2. The van der Waals surface area contributed by atoms with Crippen LogP contribution in [0.25, 0.3) is 10.9 Å². The second-order valence-electron chi connectivity index (χ2n) is 4.71. The number of H-pyrrole nitrogens is 1. The predicted octanol–water partition coefficient (Wildman–Crippen LogP) is 5.20. The van der Waals surface area contributed by atoms with Crippen LogP contribution in [-0.2, 0) is 0 Å². The zero-order valence-corrected chi connectivity index (χ0v) is 11.0. The number of azo groups is 1. The number of aryl methyl sites for hydroxylation is 2. The van der Waals surface area contributed by atoms with E-state index < -0.39 is 0 Å². The normalized spacial score (nSPS) is 11.5. The topological polar surface area (TPSA) is 40.5 Å². The third kappa shape index (κ3) is 2.27. The van der Waals surface area contributed by atoms with Gasteiger partial charge in [-0.3, -0.25) is 0 Å². The first-order valence-electron chi connectivity index (χ1n) is 6.29. The Labute approximate surface area is 112 Å². The highest BCUT2D eigenvalue weighted by molar-refractivity contribution is 5.90. The Morgan fingerprint density at radius 3 is 2.53 bits per heavy atom. The summed E-state index contributed by atoms with van der Waals surface area (Å²) in [4.78, 5) is 3.19. The largest absolute Gasteiger partial charge is 0.359 e. The van der Waals surface area contributed by atoms with Crippen LogP contribution in [0.3, 0.4) is 0 Å². The summed E-state index contributed by atoms with van der Waals surface area (Å²) in [5.41, 5.74) is 5.25. The first kappa shape index (κ1) is 11.7. The lowest BCUT2D eigenvalue weighted by atomic mass is 10.1. The van der Waals surface area contributed by atoms with E-state index in [0.29, 0.717) is 0 Å². The average Bonchev–Trinajstić information content (AvgIpc) is 2.81. The van der Waals surface area contributed by atoms with E-state index in [4.69, 9.17) is 0 Å². The van der Waals surface area contributed by atoms with Crippen LogP contribution in [0.4, 0.5) is 11.4 Å². The molecule has 0 radical (unpaired) electrons. The lowest BCUT2D eigenvalue weighted by Gasteiger charge is -1.99. The maximum atomic E-state index is 4.35. The fourth-order valence-corrected chi connectivity index (χ4v) is 2.16. The van der Waals surface area contributed by atoms with E-state index in [1.54, 1.807) is 0 Å². The molecule has 3 aromatic rings. The Kier molecular flexibility index (Phi) is 2.88. The number of aromatic amines is 1. The molecule has 1 heterocycles. The average molecular weight is 249 g/mol. The van der Waals surface area contributed by atoms with E-state index in [9.17, 15) is 0 Å². The number of nitrogens with zero attached hydrogens (tertiary/aromatic N) is 2. The van der Waals surface area contributed by atoms with Crippen molar-refractivity contribution in [3.63, 3.8) is 0 Å². The highest BCUT2D eigenvalue weighted by Crippen LogP contribution is 2.28. The van der Waals surface area contributed by atoms with Crippen molar-refractivity contribution in [3.8, 4) is 0 Å². The maximum Gasteiger partial charge on any atom is 0.111 e.